The highest BCUT2D eigenvalue weighted by molar-refractivity contribution is 6.01. The molecule has 26 heavy (non-hydrogen) atoms. The second-order valence-electron chi connectivity index (χ2n) is 5.22. The predicted octanol–water partition coefficient (Wildman–Crippen LogP) is 3.22. The molecular formula is C19H15N3O4. The number of hydrogen-bond donors (Lipinski definition) is 2. The van der Waals surface area contributed by atoms with Crippen molar-refractivity contribution >= 4 is 23.6 Å². The van der Waals surface area contributed by atoms with Gasteiger partial charge < -0.3 is 20.2 Å². The van der Waals surface area contributed by atoms with Crippen molar-refractivity contribution in [1.82, 2.24) is 4.98 Å². The highest BCUT2D eigenvalue weighted by Gasteiger charge is 2.05. The molecular weight excluding hydrogens is 334 g/mol. The highest BCUT2D eigenvalue weighted by atomic mass is 16.5. The minimum Gasteiger partial charge on any atom is -0.465 e. The quantitative estimate of drug-likeness (QED) is 0.664. The Labute approximate surface area is 149 Å². The lowest BCUT2D eigenvalue weighted by atomic mass is 10.2. The lowest BCUT2D eigenvalue weighted by Crippen LogP contribution is -2.10. The fraction of sp³-hybridized carbons (Fsp3) is 0. The van der Waals surface area contributed by atoms with Crippen molar-refractivity contribution in [3.63, 3.8) is 0 Å². The van der Waals surface area contributed by atoms with Gasteiger partial charge in [0, 0.05) is 17.7 Å². The minimum atomic E-state index is -0.538. The molecule has 0 aliphatic carbocycles. The molecule has 7 heteroatoms. The maximum Gasteiger partial charge on any atom is 0.248 e. The number of nitrogens with two attached hydrogens (primary N) is 1. The average Bonchev–Trinajstić information content (AvgIpc) is 3.15. The maximum absolute atomic E-state index is 11.8. The van der Waals surface area contributed by atoms with Crippen LogP contribution in [0.25, 0.3) is 6.08 Å². The first-order chi connectivity index (χ1) is 12.6. The molecule has 0 bridgehead atoms. The minimum absolute atomic E-state index is 0.314. The van der Waals surface area contributed by atoms with Crippen LogP contribution >= 0.6 is 0 Å². The van der Waals surface area contributed by atoms with Gasteiger partial charge in [-0.15, -0.1) is 0 Å². The Morgan fingerprint density at radius 1 is 1.15 bits per heavy atom. The van der Waals surface area contributed by atoms with Crippen LogP contribution in [0.1, 0.15) is 16.1 Å². The molecule has 2 heterocycles. The summed E-state index contributed by atoms with van der Waals surface area (Å²) in [5, 5.41) is 2.67. The maximum atomic E-state index is 11.8. The third-order valence-corrected chi connectivity index (χ3v) is 3.29. The molecule has 0 aliphatic rings. The molecule has 130 valence electrons. The molecule has 0 aliphatic heterocycles. The van der Waals surface area contributed by atoms with Crippen LogP contribution in [0.3, 0.4) is 0 Å². The van der Waals surface area contributed by atoms with E-state index in [4.69, 9.17) is 14.9 Å². The zero-order chi connectivity index (χ0) is 18.4. The molecule has 3 aromatic rings. The second kappa shape index (κ2) is 7.80. The van der Waals surface area contributed by atoms with Crippen LogP contribution in [-0.2, 0) is 4.79 Å². The molecule has 0 radical (unpaired) electrons. The van der Waals surface area contributed by atoms with Crippen molar-refractivity contribution in [2.45, 2.75) is 0 Å². The van der Waals surface area contributed by atoms with Crippen LogP contribution in [0.15, 0.2) is 71.5 Å². The number of primary amides is 1. The third kappa shape index (κ3) is 4.57. The van der Waals surface area contributed by atoms with Crippen molar-refractivity contribution in [2.24, 2.45) is 5.73 Å². The number of ether oxygens (including phenoxy) is 1. The van der Waals surface area contributed by atoms with Gasteiger partial charge >= 0.3 is 0 Å². The molecule has 2 amide bonds. The SMILES string of the molecule is NC(=O)c1cccc(Oc2ccc(NC(=O)C=Cc3ccco3)cn2)c1. The standard InChI is InChI=1S/C19H15N3O4/c20-19(24)13-3-1-4-16(11-13)26-18-9-6-14(12-21-18)22-17(23)8-7-15-5-2-10-25-15/h1-12H,(H2,20,24)(H,22,23). The van der Waals surface area contributed by atoms with E-state index in [2.05, 4.69) is 10.3 Å². The van der Waals surface area contributed by atoms with Crippen LogP contribution < -0.4 is 15.8 Å². The van der Waals surface area contributed by atoms with E-state index in [-0.39, 0.29) is 5.91 Å². The van der Waals surface area contributed by atoms with Gasteiger partial charge in [0.15, 0.2) is 0 Å². The van der Waals surface area contributed by atoms with Crippen molar-refractivity contribution < 1.29 is 18.7 Å². The largest absolute Gasteiger partial charge is 0.465 e. The Kier molecular flexibility index (Phi) is 5.09. The number of nitrogens with one attached hydrogen (secondary N) is 1. The molecule has 0 unspecified atom stereocenters. The number of carbonyl (C=O) groups is 2. The molecule has 0 spiro atoms. The number of aromatic nitrogens is 1. The Bertz CT molecular complexity index is 932. The summed E-state index contributed by atoms with van der Waals surface area (Å²) >= 11 is 0. The summed E-state index contributed by atoms with van der Waals surface area (Å²) < 4.78 is 10.7. The van der Waals surface area contributed by atoms with Gasteiger partial charge in [0.05, 0.1) is 18.1 Å². The first kappa shape index (κ1) is 17.0. The van der Waals surface area contributed by atoms with Crippen molar-refractivity contribution in [3.05, 3.63) is 78.4 Å². The predicted molar refractivity (Wildman–Crippen MR) is 95.6 cm³/mol. The zero-order valence-corrected chi connectivity index (χ0v) is 13.6. The number of nitrogens with zero attached hydrogens (tertiary/aromatic N) is 1. The summed E-state index contributed by atoms with van der Waals surface area (Å²) in [6.07, 6.45) is 5.91. The highest BCUT2D eigenvalue weighted by Crippen LogP contribution is 2.21. The van der Waals surface area contributed by atoms with Gasteiger partial charge in [-0.3, -0.25) is 9.59 Å². The Balaban J connectivity index is 1.60. The van der Waals surface area contributed by atoms with Gasteiger partial charge in [0.1, 0.15) is 11.5 Å². The average molecular weight is 349 g/mol. The molecule has 0 saturated carbocycles. The summed E-state index contributed by atoms with van der Waals surface area (Å²) in [4.78, 5) is 27.1. The van der Waals surface area contributed by atoms with Crippen LogP contribution in [0.4, 0.5) is 5.69 Å². The van der Waals surface area contributed by atoms with E-state index in [1.807, 2.05) is 0 Å². The van der Waals surface area contributed by atoms with Gasteiger partial charge in [-0.1, -0.05) is 6.07 Å². The normalized spacial score (nSPS) is 10.6. The van der Waals surface area contributed by atoms with Crippen LogP contribution in [0.2, 0.25) is 0 Å². The number of carbonyl (C=O) groups excluding carboxylic acids is 2. The molecule has 0 atom stereocenters. The number of benzene rings is 1. The summed E-state index contributed by atoms with van der Waals surface area (Å²) in [5.74, 6) is 0.484. The second-order valence-corrected chi connectivity index (χ2v) is 5.22. The van der Waals surface area contributed by atoms with E-state index in [0.29, 0.717) is 28.6 Å². The van der Waals surface area contributed by atoms with E-state index in [9.17, 15) is 9.59 Å². The van der Waals surface area contributed by atoms with Gasteiger partial charge in [-0.25, -0.2) is 4.98 Å². The van der Waals surface area contributed by atoms with Crippen molar-refractivity contribution in [2.75, 3.05) is 5.32 Å². The van der Waals surface area contributed by atoms with E-state index >= 15 is 0 Å². The number of amides is 2. The van der Waals surface area contributed by atoms with Crippen molar-refractivity contribution in [3.8, 4) is 11.6 Å². The number of pyridine rings is 1. The van der Waals surface area contributed by atoms with E-state index < -0.39 is 5.91 Å². The molecule has 3 rings (SSSR count). The van der Waals surface area contributed by atoms with E-state index in [1.54, 1.807) is 48.5 Å². The summed E-state index contributed by atoms with van der Waals surface area (Å²) in [7, 11) is 0. The van der Waals surface area contributed by atoms with E-state index in [0.717, 1.165) is 0 Å². The van der Waals surface area contributed by atoms with Crippen LogP contribution in [0, 0.1) is 0 Å². The van der Waals surface area contributed by atoms with Gasteiger partial charge in [0.25, 0.3) is 0 Å². The summed E-state index contributed by atoms with van der Waals surface area (Å²) in [6, 6.07) is 13.2. The molecule has 1 aromatic carbocycles. The molecule has 0 saturated heterocycles. The summed E-state index contributed by atoms with van der Waals surface area (Å²) in [5.41, 5.74) is 6.09. The topological polar surface area (TPSA) is 107 Å². The van der Waals surface area contributed by atoms with Gasteiger partial charge in [0.2, 0.25) is 17.7 Å². The number of hydrogen-bond acceptors (Lipinski definition) is 5. The first-order valence-electron chi connectivity index (χ1n) is 7.66. The third-order valence-electron chi connectivity index (χ3n) is 3.29. The number of anilines is 1. The van der Waals surface area contributed by atoms with Crippen LogP contribution in [0.5, 0.6) is 11.6 Å². The first-order valence-corrected chi connectivity index (χ1v) is 7.66. The summed E-state index contributed by atoms with van der Waals surface area (Å²) in [6.45, 7) is 0. The van der Waals surface area contributed by atoms with Crippen molar-refractivity contribution in [1.29, 1.82) is 0 Å². The number of furan rings is 1. The zero-order valence-electron chi connectivity index (χ0n) is 13.6. The monoisotopic (exact) mass is 349 g/mol. The Morgan fingerprint density at radius 2 is 2.04 bits per heavy atom. The van der Waals surface area contributed by atoms with Gasteiger partial charge in [-0.2, -0.15) is 0 Å². The molecule has 7 nitrogen and oxygen atoms in total. The molecule has 2 aromatic heterocycles. The number of rotatable bonds is 6. The molecule has 0 fully saturated rings. The van der Waals surface area contributed by atoms with Crippen LogP contribution in [-0.4, -0.2) is 16.8 Å². The smallest absolute Gasteiger partial charge is 0.248 e. The fourth-order valence-corrected chi connectivity index (χ4v) is 2.08. The Hall–Kier alpha value is -3.87. The lowest BCUT2D eigenvalue weighted by molar-refractivity contribution is -0.111. The van der Waals surface area contributed by atoms with Gasteiger partial charge in [-0.05, 0) is 42.5 Å². The Morgan fingerprint density at radius 3 is 2.73 bits per heavy atom. The lowest BCUT2D eigenvalue weighted by Gasteiger charge is -2.07. The van der Waals surface area contributed by atoms with E-state index in [1.165, 1.54) is 24.6 Å². The fourth-order valence-electron chi connectivity index (χ4n) is 2.08. The molecule has 3 N–H and O–H groups in total.